The average molecular weight is 473 g/mol. The summed E-state index contributed by atoms with van der Waals surface area (Å²) in [5.41, 5.74) is 1.51. The molecule has 0 unspecified atom stereocenters. The molecule has 0 saturated heterocycles. The minimum absolute atomic E-state index is 0.0570. The topological polar surface area (TPSA) is 116 Å². The molecule has 0 aliphatic rings. The van der Waals surface area contributed by atoms with E-state index in [9.17, 15) is 9.90 Å². The molecule has 4 N–H and O–H groups in total. The van der Waals surface area contributed by atoms with Crippen LogP contribution >= 0.6 is 0 Å². The first kappa shape index (κ1) is 30.4. The Hall–Kier alpha value is -3.55. The molecular weight excluding hydrogens is 432 g/mol. The Kier molecular flexibility index (Phi) is 13.0. The maximum absolute atomic E-state index is 12.1. The van der Waals surface area contributed by atoms with Crippen molar-refractivity contribution in [1.29, 1.82) is 5.41 Å². The summed E-state index contributed by atoms with van der Waals surface area (Å²) in [7, 11) is 0. The zero-order valence-corrected chi connectivity index (χ0v) is 21.8. The normalized spacial score (nSPS) is 13.8. The van der Waals surface area contributed by atoms with Crippen molar-refractivity contribution in [3.63, 3.8) is 0 Å². The van der Waals surface area contributed by atoms with E-state index in [4.69, 9.17) is 14.9 Å². The van der Waals surface area contributed by atoms with Gasteiger partial charge in [-0.05, 0) is 78.7 Å². The number of aliphatic hydroxyl groups is 1. The van der Waals surface area contributed by atoms with Gasteiger partial charge in [-0.25, -0.2) is 9.79 Å². The van der Waals surface area contributed by atoms with Crippen molar-refractivity contribution in [2.45, 2.75) is 61.0 Å². The van der Waals surface area contributed by atoms with Crippen LogP contribution in [0.2, 0.25) is 0 Å². The van der Waals surface area contributed by atoms with Crippen molar-refractivity contribution in [1.82, 2.24) is 10.6 Å². The second-order valence-corrected chi connectivity index (χ2v) is 8.58. The number of amides is 1. The summed E-state index contributed by atoms with van der Waals surface area (Å²) in [6, 6.07) is 0. The molecule has 0 fully saturated rings. The quantitative estimate of drug-likeness (QED) is 0.162. The molecule has 188 valence electrons. The van der Waals surface area contributed by atoms with E-state index in [0.29, 0.717) is 34.8 Å². The highest BCUT2D eigenvalue weighted by molar-refractivity contribution is 5.97. The fraction of sp³-hybridized carbons (Fsp3) is 0.423. The summed E-state index contributed by atoms with van der Waals surface area (Å²) < 4.78 is 10.6. The lowest BCUT2D eigenvalue weighted by Crippen LogP contribution is -2.32. The standard InChI is InChI=1S/C26H40N4O4/c1-11-33-19(5)14-15-28-21(7)29-16-22(20(6)27)24(31)18(4)12-13-23(17(2)3)30-25(32)34-26(8,9)10/h12-15,27,29,31H,2,7,11,16H2,1,3-6,8-10H3,(H,30,32)/b18-12+,19-14+,23-13+,24-22-,27-20?,28-15-. The highest BCUT2D eigenvalue weighted by Crippen LogP contribution is 2.15. The van der Waals surface area contributed by atoms with E-state index in [0.717, 1.165) is 5.76 Å². The summed E-state index contributed by atoms with van der Waals surface area (Å²) in [6.45, 7) is 22.5. The van der Waals surface area contributed by atoms with Crippen LogP contribution in [-0.4, -0.2) is 41.9 Å². The molecule has 8 nitrogen and oxygen atoms in total. The molecule has 0 aliphatic heterocycles. The van der Waals surface area contributed by atoms with E-state index in [2.05, 4.69) is 28.8 Å². The Bertz CT molecular complexity index is 929. The van der Waals surface area contributed by atoms with Crippen molar-refractivity contribution >= 4 is 18.0 Å². The van der Waals surface area contributed by atoms with Crippen molar-refractivity contribution in [2.24, 2.45) is 4.99 Å². The average Bonchev–Trinajstić information content (AvgIpc) is 2.69. The molecule has 1 amide bonds. The van der Waals surface area contributed by atoms with E-state index < -0.39 is 11.7 Å². The maximum Gasteiger partial charge on any atom is 0.412 e. The summed E-state index contributed by atoms with van der Waals surface area (Å²) in [4.78, 5) is 16.2. The van der Waals surface area contributed by atoms with Crippen molar-refractivity contribution in [2.75, 3.05) is 13.2 Å². The number of alkyl carbamates (subject to hydrolysis) is 1. The van der Waals surface area contributed by atoms with E-state index in [1.165, 1.54) is 0 Å². The maximum atomic E-state index is 12.1. The summed E-state index contributed by atoms with van der Waals surface area (Å²) in [5, 5.41) is 24.4. The van der Waals surface area contributed by atoms with Crippen LogP contribution in [0, 0.1) is 5.41 Å². The van der Waals surface area contributed by atoms with E-state index in [-0.39, 0.29) is 18.0 Å². The first-order valence-corrected chi connectivity index (χ1v) is 11.0. The monoisotopic (exact) mass is 472 g/mol. The molecule has 0 atom stereocenters. The van der Waals surface area contributed by atoms with Gasteiger partial charge in [0.1, 0.15) is 17.2 Å². The van der Waals surface area contributed by atoms with Gasteiger partial charge in [-0.1, -0.05) is 19.2 Å². The van der Waals surface area contributed by atoms with E-state index >= 15 is 0 Å². The van der Waals surface area contributed by atoms with Crippen LogP contribution in [0.3, 0.4) is 0 Å². The summed E-state index contributed by atoms with van der Waals surface area (Å²) in [5.74, 6) is 1.05. The zero-order valence-electron chi connectivity index (χ0n) is 21.8. The molecule has 0 heterocycles. The third kappa shape index (κ3) is 13.1. The first-order chi connectivity index (χ1) is 15.7. The summed E-state index contributed by atoms with van der Waals surface area (Å²) in [6.07, 6.45) is 5.94. The van der Waals surface area contributed by atoms with Gasteiger partial charge in [-0.2, -0.15) is 0 Å². The summed E-state index contributed by atoms with van der Waals surface area (Å²) >= 11 is 0. The Morgan fingerprint density at radius 2 is 1.74 bits per heavy atom. The van der Waals surface area contributed by atoms with E-state index in [1.807, 2.05) is 13.8 Å². The highest BCUT2D eigenvalue weighted by atomic mass is 16.6. The lowest BCUT2D eigenvalue weighted by atomic mass is 10.1. The van der Waals surface area contributed by atoms with Gasteiger partial charge in [0.25, 0.3) is 0 Å². The number of aliphatic imine (C=N–C) groups is 1. The predicted molar refractivity (Wildman–Crippen MR) is 140 cm³/mol. The molecule has 0 saturated carbocycles. The molecule has 0 bridgehead atoms. The lowest BCUT2D eigenvalue weighted by molar-refractivity contribution is 0.0547. The molecule has 0 aromatic heterocycles. The van der Waals surface area contributed by atoms with Gasteiger partial charge in [-0.15, -0.1) is 0 Å². The Morgan fingerprint density at radius 3 is 2.24 bits per heavy atom. The Labute approximate surface area is 204 Å². The molecule has 0 aromatic carbocycles. The number of nitrogens with zero attached hydrogens (tertiary/aromatic N) is 1. The van der Waals surface area contributed by atoms with Gasteiger partial charge in [0.2, 0.25) is 0 Å². The second-order valence-electron chi connectivity index (χ2n) is 8.58. The van der Waals surface area contributed by atoms with Crippen molar-refractivity contribution < 1.29 is 19.4 Å². The third-order valence-corrected chi connectivity index (χ3v) is 4.09. The Morgan fingerprint density at radius 1 is 1.12 bits per heavy atom. The van der Waals surface area contributed by atoms with Gasteiger partial charge in [0.05, 0.1) is 12.4 Å². The molecule has 34 heavy (non-hydrogen) atoms. The van der Waals surface area contributed by atoms with Gasteiger partial charge >= 0.3 is 6.09 Å². The molecule has 0 rings (SSSR count). The van der Waals surface area contributed by atoms with Gasteiger partial charge in [-0.3, -0.25) is 5.32 Å². The second kappa shape index (κ2) is 14.6. The molecule has 0 radical (unpaired) electrons. The Balaban J connectivity index is 5.53. The zero-order chi connectivity index (χ0) is 26.5. The highest BCUT2D eigenvalue weighted by Gasteiger charge is 2.17. The van der Waals surface area contributed by atoms with Crippen LogP contribution in [0.4, 0.5) is 4.79 Å². The predicted octanol–water partition coefficient (Wildman–Crippen LogP) is 5.84. The largest absolute Gasteiger partial charge is 0.507 e. The number of hydrogen-bond acceptors (Lipinski definition) is 7. The van der Waals surface area contributed by atoms with Crippen LogP contribution in [-0.2, 0) is 9.47 Å². The molecule has 8 heteroatoms. The van der Waals surface area contributed by atoms with Gasteiger partial charge < -0.3 is 25.3 Å². The fourth-order valence-electron chi connectivity index (χ4n) is 2.37. The van der Waals surface area contributed by atoms with Crippen LogP contribution < -0.4 is 10.6 Å². The van der Waals surface area contributed by atoms with Gasteiger partial charge in [0.15, 0.2) is 0 Å². The third-order valence-electron chi connectivity index (χ3n) is 4.09. The van der Waals surface area contributed by atoms with E-state index in [1.54, 1.807) is 66.0 Å². The van der Waals surface area contributed by atoms with Crippen molar-refractivity contribution in [3.05, 3.63) is 71.1 Å². The van der Waals surface area contributed by atoms with Crippen molar-refractivity contribution in [3.8, 4) is 0 Å². The molecular formula is C26H40N4O4. The van der Waals surface area contributed by atoms with Gasteiger partial charge in [0, 0.05) is 29.7 Å². The number of hydrogen-bond donors (Lipinski definition) is 4. The first-order valence-electron chi connectivity index (χ1n) is 11.0. The number of carbonyl (C=O) groups is 1. The number of carbonyl (C=O) groups excluding carboxylic acids is 1. The lowest BCUT2D eigenvalue weighted by Gasteiger charge is -2.20. The fourth-order valence-corrected chi connectivity index (χ4v) is 2.37. The molecule has 0 aromatic rings. The smallest absolute Gasteiger partial charge is 0.412 e. The number of rotatable bonds is 12. The number of ether oxygens (including phenoxy) is 2. The number of aliphatic hydroxyl groups excluding tert-OH is 1. The van der Waals surface area contributed by atoms with Crippen LogP contribution in [0.15, 0.2) is 76.1 Å². The van der Waals surface area contributed by atoms with Crippen LogP contribution in [0.5, 0.6) is 0 Å². The molecule has 0 spiro atoms. The minimum atomic E-state index is -0.632. The minimum Gasteiger partial charge on any atom is -0.507 e. The molecule has 0 aliphatic carbocycles. The van der Waals surface area contributed by atoms with Crippen LogP contribution in [0.25, 0.3) is 0 Å². The number of nitrogens with one attached hydrogen (secondary N) is 3. The SMILES string of the molecule is C=C(/N=C\C=C(/C)OCC)NC\C(C(C)=N)=C(O)/C(C)=C/C=C(/NC(=O)OC(C)(C)C)C(=C)C. The number of allylic oxidation sites excluding steroid dienone is 6. The van der Waals surface area contributed by atoms with Crippen LogP contribution in [0.1, 0.15) is 55.4 Å².